The lowest BCUT2D eigenvalue weighted by Crippen LogP contribution is -2.38. The lowest BCUT2D eigenvalue weighted by molar-refractivity contribution is 0.0944. The van der Waals surface area contributed by atoms with Gasteiger partial charge in [-0.2, -0.15) is 8.42 Å². The smallest absolute Gasteiger partial charge is 0.332 e. The van der Waals surface area contributed by atoms with Gasteiger partial charge in [0.05, 0.1) is 4.90 Å². The Morgan fingerprint density at radius 3 is 2.54 bits per heavy atom. The maximum atomic E-state index is 13.0. The number of halogens is 1. The molecule has 1 aliphatic rings. The number of benzene rings is 1. The average Bonchev–Trinajstić information content (AvgIpc) is 2.66. The van der Waals surface area contributed by atoms with Crippen molar-refractivity contribution in [1.29, 1.82) is 0 Å². The molecular formula is C18H20FN3O3S. The lowest BCUT2D eigenvalue weighted by atomic mass is 9.96. The number of nitrogens with one attached hydrogen (secondary N) is 1. The van der Waals surface area contributed by atoms with E-state index in [0.717, 1.165) is 43.8 Å². The Hall–Kier alpha value is -2.48. The van der Waals surface area contributed by atoms with Crippen molar-refractivity contribution in [2.75, 3.05) is 24.5 Å². The molecule has 0 unspecified atom stereocenters. The van der Waals surface area contributed by atoms with Crippen LogP contribution in [0.2, 0.25) is 0 Å². The van der Waals surface area contributed by atoms with E-state index in [1.165, 1.54) is 12.1 Å². The van der Waals surface area contributed by atoms with Crippen molar-refractivity contribution in [3.8, 4) is 0 Å². The number of hydrogen-bond donors (Lipinski definition) is 1. The summed E-state index contributed by atoms with van der Waals surface area (Å²) in [5.74, 6) is -0.0443. The second kappa shape index (κ2) is 7.82. The van der Waals surface area contributed by atoms with E-state index in [2.05, 4.69) is 15.2 Å². The van der Waals surface area contributed by atoms with Gasteiger partial charge < -0.3 is 10.2 Å². The van der Waals surface area contributed by atoms with Gasteiger partial charge in [0.2, 0.25) is 0 Å². The minimum absolute atomic E-state index is 0.137. The minimum atomic E-state index is -4.82. The van der Waals surface area contributed by atoms with Crippen molar-refractivity contribution in [3.05, 3.63) is 54.4 Å². The predicted octanol–water partition coefficient (Wildman–Crippen LogP) is 2.39. The number of carbonyl (C=O) groups excluding carboxylic acids is 1. The molecule has 1 aromatic heterocycles. The summed E-state index contributed by atoms with van der Waals surface area (Å²) in [6.07, 6.45) is 5.43. The zero-order valence-electron chi connectivity index (χ0n) is 14.1. The molecule has 0 radical (unpaired) electrons. The number of carbonyl (C=O) groups is 1. The highest BCUT2D eigenvalue weighted by Crippen LogP contribution is 2.22. The molecular weight excluding hydrogens is 357 g/mol. The Morgan fingerprint density at radius 2 is 1.88 bits per heavy atom. The fraction of sp³-hybridized carbons (Fsp3) is 0.333. The molecule has 1 saturated heterocycles. The topological polar surface area (TPSA) is 79.4 Å². The first-order chi connectivity index (χ1) is 12.4. The van der Waals surface area contributed by atoms with Crippen LogP contribution in [0.1, 0.15) is 23.2 Å². The first kappa shape index (κ1) is 18.3. The van der Waals surface area contributed by atoms with Crippen LogP contribution in [-0.2, 0) is 10.2 Å². The summed E-state index contributed by atoms with van der Waals surface area (Å²) in [5, 5.41) is 2.82. The first-order valence-electron chi connectivity index (χ1n) is 8.41. The molecule has 0 aliphatic carbocycles. The van der Waals surface area contributed by atoms with Crippen molar-refractivity contribution in [1.82, 2.24) is 10.3 Å². The van der Waals surface area contributed by atoms with Crippen LogP contribution in [0.4, 0.5) is 9.57 Å². The van der Waals surface area contributed by atoms with Gasteiger partial charge in [-0.3, -0.25) is 9.78 Å². The summed E-state index contributed by atoms with van der Waals surface area (Å²) < 4.78 is 35.0. The number of pyridine rings is 1. The predicted molar refractivity (Wildman–Crippen MR) is 96.2 cm³/mol. The van der Waals surface area contributed by atoms with E-state index >= 15 is 0 Å². The van der Waals surface area contributed by atoms with E-state index in [1.54, 1.807) is 12.4 Å². The third-order valence-electron chi connectivity index (χ3n) is 4.57. The van der Waals surface area contributed by atoms with Crippen LogP contribution in [0, 0.1) is 5.92 Å². The molecule has 0 spiro atoms. The Balaban J connectivity index is 1.52. The van der Waals surface area contributed by atoms with Gasteiger partial charge in [-0.15, -0.1) is 3.89 Å². The van der Waals surface area contributed by atoms with E-state index < -0.39 is 21.0 Å². The molecule has 1 amide bonds. The van der Waals surface area contributed by atoms with E-state index in [9.17, 15) is 17.1 Å². The maximum absolute atomic E-state index is 13.0. The third-order valence-corrected chi connectivity index (χ3v) is 5.39. The minimum Gasteiger partial charge on any atom is -0.371 e. The van der Waals surface area contributed by atoms with Crippen LogP contribution < -0.4 is 10.2 Å². The zero-order chi connectivity index (χ0) is 18.6. The molecule has 6 nitrogen and oxygen atoms in total. The van der Waals surface area contributed by atoms with Crippen LogP contribution in [0.25, 0.3) is 0 Å². The van der Waals surface area contributed by atoms with Gasteiger partial charge in [0.15, 0.2) is 0 Å². The third kappa shape index (κ3) is 4.57. The molecule has 0 bridgehead atoms. The maximum Gasteiger partial charge on any atom is 0.332 e. The van der Waals surface area contributed by atoms with Crippen LogP contribution in [-0.4, -0.2) is 38.9 Å². The van der Waals surface area contributed by atoms with Gasteiger partial charge in [0.1, 0.15) is 0 Å². The highest BCUT2D eigenvalue weighted by Gasteiger charge is 2.20. The van der Waals surface area contributed by atoms with Crippen LogP contribution >= 0.6 is 0 Å². The van der Waals surface area contributed by atoms with Crippen molar-refractivity contribution >= 4 is 21.8 Å². The summed E-state index contributed by atoms with van der Waals surface area (Å²) in [4.78, 5) is 18.0. The molecule has 1 fully saturated rings. The van der Waals surface area contributed by atoms with Crippen molar-refractivity contribution in [3.63, 3.8) is 0 Å². The Labute approximate surface area is 152 Å². The van der Waals surface area contributed by atoms with Crippen molar-refractivity contribution < 1.29 is 17.1 Å². The summed E-state index contributed by atoms with van der Waals surface area (Å²) >= 11 is 0. The molecule has 138 valence electrons. The van der Waals surface area contributed by atoms with Crippen LogP contribution in [0.5, 0.6) is 0 Å². The molecule has 2 heterocycles. The molecule has 0 saturated carbocycles. The Morgan fingerprint density at radius 1 is 1.19 bits per heavy atom. The molecule has 26 heavy (non-hydrogen) atoms. The molecule has 1 aromatic carbocycles. The van der Waals surface area contributed by atoms with Crippen LogP contribution in [0.3, 0.4) is 0 Å². The van der Waals surface area contributed by atoms with E-state index in [0.29, 0.717) is 12.5 Å². The monoisotopic (exact) mass is 377 g/mol. The number of nitrogens with zero attached hydrogens (tertiary/aromatic N) is 2. The number of piperidine rings is 1. The normalized spacial score (nSPS) is 15.7. The van der Waals surface area contributed by atoms with E-state index in [-0.39, 0.29) is 5.56 Å². The van der Waals surface area contributed by atoms with Crippen molar-refractivity contribution in [2.45, 2.75) is 17.7 Å². The second-order valence-electron chi connectivity index (χ2n) is 6.31. The molecule has 1 N–H and O–H groups in total. The SMILES string of the molecule is O=C(NCC1CCN(c2ccncc2)CC1)c1cccc(S(=O)(=O)F)c1. The molecule has 1 aliphatic heterocycles. The van der Waals surface area contributed by atoms with Gasteiger partial charge >= 0.3 is 10.2 Å². The number of anilines is 1. The van der Waals surface area contributed by atoms with Gasteiger partial charge in [-0.25, -0.2) is 0 Å². The van der Waals surface area contributed by atoms with Crippen LogP contribution in [0.15, 0.2) is 53.7 Å². The molecule has 0 atom stereocenters. The fourth-order valence-electron chi connectivity index (χ4n) is 3.08. The Bertz CT molecular complexity index is 866. The summed E-state index contributed by atoms with van der Waals surface area (Å²) in [6, 6.07) is 8.96. The number of amides is 1. The fourth-order valence-corrected chi connectivity index (χ4v) is 3.59. The molecule has 2 aromatic rings. The zero-order valence-corrected chi connectivity index (χ0v) is 15.0. The standard InChI is InChI=1S/C18H20FN3O3S/c19-26(24,25)17-3-1-2-15(12-17)18(23)21-13-14-6-10-22(11-7-14)16-4-8-20-9-5-16/h1-5,8-9,12,14H,6-7,10-11,13H2,(H,21,23). The average molecular weight is 377 g/mol. The summed E-state index contributed by atoms with van der Waals surface area (Å²) in [6.45, 7) is 2.32. The summed E-state index contributed by atoms with van der Waals surface area (Å²) in [7, 11) is -4.82. The first-order valence-corrected chi connectivity index (χ1v) is 9.80. The number of hydrogen-bond acceptors (Lipinski definition) is 5. The second-order valence-corrected chi connectivity index (χ2v) is 7.66. The Kier molecular flexibility index (Phi) is 5.51. The highest BCUT2D eigenvalue weighted by atomic mass is 32.3. The summed E-state index contributed by atoms with van der Waals surface area (Å²) in [5.41, 5.74) is 1.28. The van der Waals surface area contributed by atoms with Gasteiger partial charge in [0.25, 0.3) is 5.91 Å². The van der Waals surface area contributed by atoms with Crippen molar-refractivity contribution in [2.24, 2.45) is 5.92 Å². The van der Waals surface area contributed by atoms with E-state index in [4.69, 9.17) is 0 Å². The highest BCUT2D eigenvalue weighted by molar-refractivity contribution is 7.86. The lowest BCUT2D eigenvalue weighted by Gasteiger charge is -2.33. The number of rotatable bonds is 5. The van der Waals surface area contributed by atoms with E-state index in [1.807, 2.05) is 12.1 Å². The van der Waals surface area contributed by atoms with Gasteiger partial charge in [-0.05, 0) is 49.1 Å². The van der Waals surface area contributed by atoms with Gasteiger partial charge in [0, 0.05) is 43.3 Å². The largest absolute Gasteiger partial charge is 0.371 e. The number of aromatic nitrogens is 1. The molecule has 8 heteroatoms. The molecule has 3 rings (SSSR count). The van der Waals surface area contributed by atoms with Gasteiger partial charge in [-0.1, -0.05) is 6.07 Å². The quantitative estimate of drug-likeness (QED) is 0.810.